The number of hydrogen-bond acceptors (Lipinski definition) is 2. The molecule has 0 amide bonds. The van der Waals surface area contributed by atoms with Crippen LogP contribution in [0.2, 0.25) is 0 Å². The molecule has 0 bridgehead atoms. The highest BCUT2D eigenvalue weighted by molar-refractivity contribution is 5.80. The summed E-state index contributed by atoms with van der Waals surface area (Å²) < 4.78 is 2.05. The molecule has 1 aliphatic rings. The molecule has 0 saturated heterocycles. The fraction of sp³-hybridized carbons (Fsp3) is 0.667. The molecule has 0 spiro atoms. The molecule has 3 nitrogen and oxygen atoms in total. The van der Waals surface area contributed by atoms with E-state index in [-0.39, 0.29) is 0 Å². The molecular formula is C12H18N2O. The molecule has 1 aromatic heterocycles. The Morgan fingerprint density at radius 3 is 3.00 bits per heavy atom. The number of rotatable bonds is 2. The Hall–Kier alpha value is -1.12. The van der Waals surface area contributed by atoms with Gasteiger partial charge in [0, 0.05) is 37.7 Å². The molecule has 82 valence electrons. The van der Waals surface area contributed by atoms with Gasteiger partial charge in [0.15, 0.2) is 0 Å². The van der Waals surface area contributed by atoms with E-state index in [4.69, 9.17) is 0 Å². The average Bonchev–Trinajstić information content (AvgIpc) is 2.64. The van der Waals surface area contributed by atoms with Gasteiger partial charge in [0.25, 0.3) is 0 Å². The van der Waals surface area contributed by atoms with Gasteiger partial charge in [-0.1, -0.05) is 13.3 Å². The zero-order chi connectivity index (χ0) is 10.8. The maximum absolute atomic E-state index is 11.5. The first kappa shape index (κ1) is 10.4. The normalized spacial score (nSPS) is 26.9. The molecule has 0 N–H and O–H groups in total. The van der Waals surface area contributed by atoms with E-state index < -0.39 is 0 Å². The molecule has 1 heterocycles. The number of nitrogens with zero attached hydrogens (tertiary/aromatic N) is 2. The minimum Gasteiger partial charge on any atom is -0.337 e. The maximum atomic E-state index is 11.5. The summed E-state index contributed by atoms with van der Waals surface area (Å²) in [5.41, 5.74) is 1.22. The lowest BCUT2D eigenvalue weighted by Crippen LogP contribution is -2.24. The third kappa shape index (κ3) is 1.96. The minimum absolute atomic E-state index is 0.392. The average molecular weight is 206 g/mol. The molecule has 0 aliphatic heterocycles. The molecule has 15 heavy (non-hydrogen) atoms. The van der Waals surface area contributed by atoms with Gasteiger partial charge < -0.3 is 4.57 Å². The molecule has 2 unspecified atom stereocenters. The van der Waals surface area contributed by atoms with Crippen molar-refractivity contribution in [2.24, 2.45) is 13.0 Å². The van der Waals surface area contributed by atoms with Crippen molar-refractivity contribution in [2.75, 3.05) is 0 Å². The molecule has 1 fully saturated rings. The Morgan fingerprint density at radius 2 is 2.40 bits per heavy atom. The molecule has 1 saturated carbocycles. The van der Waals surface area contributed by atoms with Crippen LogP contribution in [0.1, 0.15) is 44.2 Å². The second-order valence-corrected chi connectivity index (χ2v) is 4.49. The second kappa shape index (κ2) is 4.17. The van der Waals surface area contributed by atoms with Crippen LogP contribution in [0.15, 0.2) is 12.5 Å². The predicted octanol–water partition coefficient (Wildman–Crippen LogP) is 2.28. The SMILES string of the molecule is CCC1CCC(=O)CC1c1cncn1C. The van der Waals surface area contributed by atoms with E-state index in [0.29, 0.717) is 24.0 Å². The standard InChI is InChI=1S/C12H18N2O/c1-3-9-4-5-10(15)6-11(9)12-7-13-8-14(12)2/h7-9,11H,3-6H2,1-2H3. The number of carbonyl (C=O) groups excluding carboxylic acids is 1. The van der Waals surface area contributed by atoms with Crippen molar-refractivity contribution in [3.63, 3.8) is 0 Å². The largest absolute Gasteiger partial charge is 0.337 e. The highest BCUT2D eigenvalue weighted by Gasteiger charge is 2.30. The molecule has 2 rings (SSSR count). The summed E-state index contributed by atoms with van der Waals surface area (Å²) >= 11 is 0. The lowest BCUT2D eigenvalue weighted by Gasteiger charge is -2.30. The van der Waals surface area contributed by atoms with Crippen LogP contribution < -0.4 is 0 Å². The molecule has 2 atom stereocenters. The van der Waals surface area contributed by atoms with Gasteiger partial charge in [0.1, 0.15) is 5.78 Å². The van der Waals surface area contributed by atoms with Gasteiger partial charge in [-0.05, 0) is 12.3 Å². The van der Waals surface area contributed by atoms with Crippen molar-refractivity contribution in [2.45, 2.75) is 38.5 Å². The molecule has 1 aromatic rings. The zero-order valence-corrected chi connectivity index (χ0v) is 9.44. The molecule has 0 radical (unpaired) electrons. The Labute approximate surface area is 90.5 Å². The second-order valence-electron chi connectivity index (χ2n) is 4.49. The summed E-state index contributed by atoms with van der Waals surface area (Å²) in [5, 5.41) is 0. The van der Waals surface area contributed by atoms with Crippen LogP contribution in [-0.2, 0) is 11.8 Å². The Bertz CT molecular complexity index is 356. The predicted molar refractivity (Wildman–Crippen MR) is 58.6 cm³/mol. The quantitative estimate of drug-likeness (QED) is 0.744. The van der Waals surface area contributed by atoms with Gasteiger partial charge >= 0.3 is 0 Å². The van der Waals surface area contributed by atoms with Gasteiger partial charge in [0.05, 0.1) is 6.33 Å². The van der Waals surface area contributed by atoms with E-state index in [2.05, 4.69) is 11.9 Å². The Morgan fingerprint density at radius 1 is 1.60 bits per heavy atom. The smallest absolute Gasteiger partial charge is 0.133 e. The summed E-state index contributed by atoms with van der Waals surface area (Å²) in [6.45, 7) is 2.21. The van der Waals surface area contributed by atoms with E-state index in [9.17, 15) is 4.79 Å². The van der Waals surface area contributed by atoms with E-state index in [1.54, 1.807) is 0 Å². The third-order valence-electron chi connectivity index (χ3n) is 3.57. The first-order chi connectivity index (χ1) is 7.22. The molecular weight excluding hydrogens is 188 g/mol. The van der Waals surface area contributed by atoms with Crippen molar-refractivity contribution < 1.29 is 4.79 Å². The van der Waals surface area contributed by atoms with Crippen molar-refractivity contribution in [1.29, 1.82) is 0 Å². The third-order valence-corrected chi connectivity index (χ3v) is 3.57. The molecule has 3 heteroatoms. The number of aryl methyl sites for hydroxylation is 1. The highest BCUT2D eigenvalue weighted by Crippen LogP contribution is 2.37. The van der Waals surface area contributed by atoms with Gasteiger partial charge in [-0.2, -0.15) is 0 Å². The van der Waals surface area contributed by atoms with Crippen LogP contribution in [0.4, 0.5) is 0 Å². The first-order valence-electron chi connectivity index (χ1n) is 5.70. The van der Waals surface area contributed by atoms with E-state index in [1.165, 1.54) is 5.69 Å². The topological polar surface area (TPSA) is 34.9 Å². The van der Waals surface area contributed by atoms with Crippen LogP contribution >= 0.6 is 0 Å². The number of aromatic nitrogens is 2. The lowest BCUT2D eigenvalue weighted by molar-refractivity contribution is -0.121. The molecule has 0 aromatic carbocycles. The summed E-state index contributed by atoms with van der Waals surface area (Å²) in [6.07, 6.45) is 7.41. The Kier molecular flexibility index (Phi) is 2.89. The maximum Gasteiger partial charge on any atom is 0.133 e. The number of hydrogen-bond donors (Lipinski definition) is 0. The fourth-order valence-electron chi connectivity index (χ4n) is 2.62. The summed E-state index contributed by atoms with van der Waals surface area (Å²) in [7, 11) is 2.01. The van der Waals surface area contributed by atoms with Gasteiger partial charge in [-0.15, -0.1) is 0 Å². The fourth-order valence-corrected chi connectivity index (χ4v) is 2.62. The van der Waals surface area contributed by atoms with Gasteiger partial charge in [-0.25, -0.2) is 4.98 Å². The van der Waals surface area contributed by atoms with Gasteiger partial charge in [0.2, 0.25) is 0 Å². The molecule has 1 aliphatic carbocycles. The summed E-state index contributed by atoms with van der Waals surface area (Å²) in [5.74, 6) is 1.45. The number of Topliss-reactive ketones (excluding diaryl/α,β-unsaturated/α-hetero) is 1. The van der Waals surface area contributed by atoms with Crippen LogP contribution in [0.5, 0.6) is 0 Å². The number of imidazole rings is 1. The number of ketones is 1. The number of carbonyl (C=O) groups is 1. The first-order valence-corrected chi connectivity index (χ1v) is 5.70. The van der Waals surface area contributed by atoms with Crippen molar-refractivity contribution in [3.05, 3.63) is 18.2 Å². The summed E-state index contributed by atoms with van der Waals surface area (Å²) in [6, 6.07) is 0. The zero-order valence-electron chi connectivity index (χ0n) is 9.44. The monoisotopic (exact) mass is 206 g/mol. The van der Waals surface area contributed by atoms with E-state index in [1.807, 2.05) is 24.1 Å². The summed E-state index contributed by atoms with van der Waals surface area (Å²) in [4.78, 5) is 15.7. The van der Waals surface area contributed by atoms with Crippen LogP contribution in [0.25, 0.3) is 0 Å². The van der Waals surface area contributed by atoms with Crippen molar-refractivity contribution in [1.82, 2.24) is 9.55 Å². The highest BCUT2D eigenvalue weighted by atomic mass is 16.1. The van der Waals surface area contributed by atoms with Crippen LogP contribution in [0, 0.1) is 5.92 Å². The Balaban J connectivity index is 2.24. The van der Waals surface area contributed by atoms with Crippen molar-refractivity contribution in [3.8, 4) is 0 Å². The lowest BCUT2D eigenvalue weighted by atomic mass is 9.76. The van der Waals surface area contributed by atoms with E-state index >= 15 is 0 Å². The van der Waals surface area contributed by atoms with Gasteiger partial charge in [-0.3, -0.25) is 4.79 Å². The van der Waals surface area contributed by atoms with Crippen LogP contribution in [0.3, 0.4) is 0 Å². The van der Waals surface area contributed by atoms with Crippen LogP contribution in [-0.4, -0.2) is 15.3 Å². The van der Waals surface area contributed by atoms with Crippen molar-refractivity contribution >= 4 is 5.78 Å². The minimum atomic E-state index is 0.392. The van der Waals surface area contributed by atoms with E-state index in [0.717, 1.165) is 19.3 Å².